The van der Waals surface area contributed by atoms with Gasteiger partial charge in [0.1, 0.15) is 5.69 Å². The summed E-state index contributed by atoms with van der Waals surface area (Å²) in [7, 11) is 0. The topological polar surface area (TPSA) is 81.9 Å². The molecule has 2 heterocycles. The molecule has 0 bridgehead atoms. The monoisotopic (exact) mass is 405 g/mol. The maximum absolute atomic E-state index is 13.1. The molecule has 6 nitrogen and oxygen atoms in total. The molecule has 1 aromatic carbocycles. The molecule has 1 N–H and O–H groups in total. The molecule has 30 heavy (non-hydrogen) atoms. The first-order chi connectivity index (χ1) is 14.5. The van der Waals surface area contributed by atoms with Crippen molar-refractivity contribution in [2.45, 2.75) is 64.3 Å². The second kappa shape index (κ2) is 8.99. The van der Waals surface area contributed by atoms with Crippen LogP contribution in [-0.4, -0.2) is 35.0 Å². The summed E-state index contributed by atoms with van der Waals surface area (Å²) in [5.41, 5.74) is 2.01. The highest BCUT2D eigenvalue weighted by atomic mass is 16.2. The van der Waals surface area contributed by atoms with Gasteiger partial charge in [-0.2, -0.15) is 5.26 Å². The number of hydrogen-bond acceptors (Lipinski definition) is 5. The largest absolute Gasteiger partial charge is 0.355 e. The van der Waals surface area contributed by atoms with Crippen molar-refractivity contribution < 1.29 is 4.79 Å². The number of nitrogens with zero attached hydrogens (tertiary/aromatic N) is 4. The predicted octanol–water partition coefficient (Wildman–Crippen LogP) is 4.17. The molecule has 1 aliphatic heterocycles. The number of rotatable bonds is 4. The highest BCUT2D eigenvalue weighted by Gasteiger charge is 2.32. The van der Waals surface area contributed by atoms with Crippen LogP contribution in [0.5, 0.6) is 0 Å². The first-order valence-electron chi connectivity index (χ1n) is 11.3. The molecule has 1 saturated heterocycles. The van der Waals surface area contributed by atoms with Crippen LogP contribution in [0.1, 0.15) is 64.0 Å². The average molecular weight is 406 g/mol. The number of hydrogen-bond donors (Lipinski definition) is 1. The lowest BCUT2D eigenvalue weighted by Gasteiger charge is -2.37. The minimum Gasteiger partial charge on any atom is -0.355 e. The summed E-state index contributed by atoms with van der Waals surface area (Å²) < 4.78 is 0. The van der Waals surface area contributed by atoms with E-state index in [1.54, 1.807) is 0 Å². The molecule has 3 atom stereocenters. The quantitative estimate of drug-likeness (QED) is 0.826. The molecule has 158 valence electrons. The molecule has 2 fully saturated rings. The Bertz CT molecular complexity index is 936. The van der Waals surface area contributed by atoms with E-state index in [2.05, 4.69) is 30.1 Å². The molecular weight excluding hydrogens is 374 g/mol. The maximum Gasteiger partial charge on any atom is 0.243 e. The van der Waals surface area contributed by atoms with Crippen LogP contribution >= 0.6 is 0 Å². The number of piperidine rings is 1. The Morgan fingerprint density at radius 1 is 1.10 bits per heavy atom. The molecule has 1 amide bonds. The van der Waals surface area contributed by atoms with E-state index in [0.29, 0.717) is 23.3 Å². The Morgan fingerprint density at radius 3 is 2.37 bits per heavy atom. The smallest absolute Gasteiger partial charge is 0.243 e. The zero-order valence-corrected chi connectivity index (χ0v) is 18.0. The fourth-order valence-corrected chi connectivity index (χ4v) is 5.04. The third-order valence-corrected chi connectivity index (χ3v) is 6.36. The molecule has 2 aliphatic rings. The molecular formula is C24H31N5O. The number of anilines is 1. The van der Waals surface area contributed by atoms with Gasteiger partial charge in [0.25, 0.3) is 0 Å². The zero-order chi connectivity index (χ0) is 21.1. The van der Waals surface area contributed by atoms with Gasteiger partial charge in [0.2, 0.25) is 5.91 Å². The first kappa shape index (κ1) is 20.6. The third kappa shape index (κ3) is 4.40. The van der Waals surface area contributed by atoms with E-state index < -0.39 is 5.92 Å². The van der Waals surface area contributed by atoms with Crippen molar-refractivity contribution in [2.75, 3.05) is 18.0 Å². The number of nitriles is 1. The van der Waals surface area contributed by atoms with Crippen LogP contribution in [0.4, 0.5) is 5.82 Å². The minimum absolute atomic E-state index is 0.161. The summed E-state index contributed by atoms with van der Waals surface area (Å²) in [4.78, 5) is 25.0. The summed E-state index contributed by atoms with van der Waals surface area (Å²) in [5.74, 6) is 0.565. The van der Waals surface area contributed by atoms with E-state index >= 15 is 0 Å². The number of nitrogens with one attached hydrogen (secondary N) is 1. The van der Waals surface area contributed by atoms with Gasteiger partial charge in [-0.25, -0.2) is 9.97 Å². The standard InChI is InChI=1S/C24H31N5O/c1-16-12-17(2)15-29(14-16)23-22(27-20-10-6-7-11-21(20)28-23)19(13-25)24(30)26-18-8-4-3-5-9-18/h6-7,10-11,16-19H,3-5,8-9,12,14-15H2,1-2H3,(H,26,30)/t16-,17-,19+/m1/s1. The number of benzene rings is 1. The molecule has 1 saturated carbocycles. The van der Waals surface area contributed by atoms with Crippen LogP contribution in [-0.2, 0) is 4.79 Å². The van der Waals surface area contributed by atoms with Gasteiger partial charge in [0, 0.05) is 19.1 Å². The van der Waals surface area contributed by atoms with Crippen molar-refractivity contribution in [3.63, 3.8) is 0 Å². The van der Waals surface area contributed by atoms with Gasteiger partial charge in [-0.1, -0.05) is 45.2 Å². The Morgan fingerprint density at radius 2 is 1.73 bits per heavy atom. The Labute approximate surface area is 178 Å². The van der Waals surface area contributed by atoms with Gasteiger partial charge in [-0.05, 0) is 43.2 Å². The highest BCUT2D eigenvalue weighted by Crippen LogP contribution is 2.32. The van der Waals surface area contributed by atoms with Crippen molar-refractivity contribution in [1.29, 1.82) is 5.26 Å². The fraction of sp³-hybridized carbons (Fsp3) is 0.583. The van der Waals surface area contributed by atoms with Crippen LogP contribution < -0.4 is 10.2 Å². The fourth-order valence-electron chi connectivity index (χ4n) is 5.04. The van der Waals surface area contributed by atoms with E-state index in [9.17, 15) is 10.1 Å². The van der Waals surface area contributed by atoms with Crippen LogP contribution in [0.3, 0.4) is 0 Å². The number of fused-ring (bicyclic) bond motifs is 1. The predicted molar refractivity (Wildman–Crippen MR) is 118 cm³/mol. The molecule has 2 aromatic rings. The van der Waals surface area contributed by atoms with Gasteiger partial charge in [0.15, 0.2) is 11.7 Å². The summed E-state index contributed by atoms with van der Waals surface area (Å²) in [6.45, 7) is 6.22. The summed E-state index contributed by atoms with van der Waals surface area (Å²) in [5, 5.41) is 13.1. The lowest BCUT2D eigenvalue weighted by Crippen LogP contribution is -2.42. The van der Waals surface area contributed by atoms with Gasteiger partial charge in [0.05, 0.1) is 17.1 Å². The lowest BCUT2D eigenvalue weighted by molar-refractivity contribution is -0.122. The second-order valence-electron chi connectivity index (χ2n) is 9.18. The van der Waals surface area contributed by atoms with E-state index in [-0.39, 0.29) is 11.9 Å². The highest BCUT2D eigenvalue weighted by molar-refractivity contribution is 5.89. The average Bonchev–Trinajstić information content (AvgIpc) is 2.74. The van der Waals surface area contributed by atoms with E-state index in [4.69, 9.17) is 9.97 Å². The molecule has 0 unspecified atom stereocenters. The summed E-state index contributed by atoms with van der Waals surface area (Å²) in [6, 6.07) is 10.1. The van der Waals surface area contributed by atoms with Crippen LogP contribution in [0.15, 0.2) is 24.3 Å². The number of carbonyl (C=O) groups excluding carboxylic acids is 1. The molecule has 0 spiro atoms. The van der Waals surface area contributed by atoms with Gasteiger partial charge < -0.3 is 10.2 Å². The number of aromatic nitrogens is 2. The number of carbonyl (C=O) groups is 1. The maximum atomic E-state index is 13.1. The van der Waals surface area contributed by atoms with Crippen molar-refractivity contribution in [2.24, 2.45) is 11.8 Å². The van der Waals surface area contributed by atoms with Gasteiger partial charge in [-0.3, -0.25) is 4.79 Å². The normalized spacial score (nSPS) is 23.7. The Hall–Kier alpha value is -2.68. The third-order valence-electron chi connectivity index (χ3n) is 6.36. The van der Waals surface area contributed by atoms with E-state index in [1.807, 2.05) is 24.3 Å². The lowest BCUT2D eigenvalue weighted by atomic mass is 9.91. The van der Waals surface area contributed by atoms with Crippen LogP contribution in [0.2, 0.25) is 0 Å². The molecule has 6 heteroatoms. The van der Waals surface area contributed by atoms with Gasteiger partial charge in [-0.15, -0.1) is 0 Å². The van der Waals surface area contributed by atoms with Crippen molar-refractivity contribution in [3.8, 4) is 6.07 Å². The van der Waals surface area contributed by atoms with Crippen molar-refractivity contribution >= 4 is 22.8 Å². The van der Waals surface area contributed by atoms with Crippen LogP contribution in [0, 0.1) is 23.2 Å². The SMILES string of the molecule is C[C@@H]1C[C@@H](C)CN(c2nc3ccccc3nc2[C@H](C#N)C(=O)NC2CCCCC2)C1. The van der Waals surface area contributed by atoms with E-state index in [0.717, 1.165) is 49.8 Å². The minimum atomic E-state index is -0.952. The Balaban J connectivity index is 1.71. The first-order valence-corrected chi connectivity index (χ1v) is 11.3. The molecule has 1 aliphatic carbocycles. The van der Waals surface area contributed by atoms with Crippen LogP contribution in [0.25, 0.3) is 11.0 Å². The van der Waals surface area contributed by atoms with Crippen molar-refractivity contribution in [3.05, 3.63) is 30.0 Å². The zero-order valence-electron chi connectivity index (χ0n) is 18.0. The number of para-hydroxylation sites is 2. The van der Waals surface area contributed by atoms with Gasteiger partial charge >= 0.3 is 0 Å². The molecule has 1 aromatic heterocycles. The number of amides is 1. The molecule has 4 rings (SSSR count). The summed E-state index contributed by atoms with van der Waals surface area (Å²) in [6.07, 6.45) is 6.64. The van der Waals surface area contributed by atoms with E-state index in [1.165, 1.54) is 12.8 Å². The van der Waals surface area contributed by atoms with Crippen molar-refractivity contribution in [1.82, 2.24) is 15.3 Å². The second-order valence-corrected chi connectivity index (χ2v) is 9.18. The summed E-state index contributed by atoms with van der Waals surface area (Å²) >= 11 is 0. The Kier molecular flexibility index (Phi) is 6.17. The molecule has 0 radical (unpaired) electrons.